The van der Waals surface area contributed by atoms with E-state index >= 15 is 0 Å². The van der Waals surface area contributed by atoms with E-state index in [4.69, 9.17) is 9.63 Å². The first kappa shape index (κ1) is 15.8. The molecule has 1 aromatic heterocycles. The summed E-state index contributed by atoms with van der Waals surface area (Å²) >= 11 is 0. The van der Waals surface area contributed by atoms with Crippen LogP contribution in [0.3, 0.4) is 0 Å². The smallest absolute Gasteiger partial charge is 0.303 e. The maximum absolute atomic E-state index is 11.9. The largest absolute Gasteiger partial charge is 0.481 e. The molecule has 22 heavy (non-hydrogen) atoms. The number of carbonyl (C=O) groups is 2. The van der Waals surface area contributed by atoms with Gasteiger partial charge >= 0.3 is 5.97 Å². The molecule has 0 saturated carbocycles. The molecule has 0 spiro atoms. The number of aryl methyl sites for hydroxylation is 1. The number of carboxylic acid groups (broad SMARTS) is 1. The summed E-state index contributed by atoms with van der Waals surface area (Å²) in [7, 11) is 0. The van der Waals surface area contributed by atoms with Crippen LogP contribution in [0.4, 0.5) is 0 Å². The Balaban J connectivity index is 1.97. The monoisotopic (exact) mass is 302 g/mol. The van der Waals surface area contributed by atoms with Crippen molar-refractivity contribution in [1.82, 2.24) is 10.5 Å². The number of carbonyl (C=O) groups excluding carboxylic acids is 1. The highest BCUT2D eigenvalue weighted by Crippen LogP contribution is 2.19. The zero-order chi connectivity index (χ0) is 16.1. The van der Waals surface area contributed by atoms with Gasteiger partial charge < -0.3 is 14.9 Å². The predicted molar refractivity (Wildman–Crippen MR) is 80.4 cm³/mol. The lowest BCUT2D eigenvalue weighted by Gasteiger charge is -2.08. The number of carboxylic acids is 1. The van der Waals surface area contributed by atoms with Crippen molar-refractivity contribution >= 4 is 11.9 Å². The Bertz CT molecular complexity index is 661. The molecule has 116 valence electrons. The predicted octanol–water partition coefficient (Wildman–Crippen LogP) is 2.49. The molecule has 1 heterocycles. The van der Waals surface area contributed by atoms with Crippen molar-refractivity contribution in [2.45, 2.75) is 20.3 Å². The van der Waals surface area contributed by atoms with E-state index in [1.165, 1.54) is 0 Å². The molecule has 0 aliphatic rings. The van der Waals surface area contributed by atoms with Crippen LogP contribution >= 0.6 is 0 Å². The van der Waals surface area contributed by atoms with Crippen LogP contribution in [0.2, 0.25) is 0 Å². The molecule has 6 nitrogen and oxygen atoms in total. The van der Waals surface area contributed by atoms with E-state index in [0.717, 1.165) is 11.1 Å². The van der Waals surface area contributed by atoms with Gasteiger partial charge in [0.05, 0.1) is 0 Å². The third-order valence-corrected chi connectivity index (χ3v) is 3.22. The van der Waals surface area contributed by atoms with Crippen LogP contribution in [-0.4, -0.2) is 28.7 Å². The third kappa shape index (κ3) is 4.18. The minimum Gasteiger partial charge on any atom is -0.481 e. The fourth-order valence-electron chi connectivity index (χ4n) is 1.97. The van der Waals surface area contributed by atoms with Crippen molar-refractivity contribution in [1.29, 1.82) is 0 Å². The summed E-state index contributed by atoms with van der Waals surface area (Å²) in [5, 5.41) is 15.2. The molecule has 1 unspecified atom stereocenters. The number of nitrogens with zero attached hydrogens (tertiary/aromatic N) is 1. The number of amides is 1. The Morgan fingerprint density at radius 2 is 2.00 bits per heavy atom. The second-order valence-corrected chi connectivity index (χ2v) is 5.36. The van der Waals surface area contributed by atoms with Gasteiger partial charge in [-0.15, -0.1) is 0 Å². The van der Waals surface area contributed by atoms with Gasteiger partial charge in [-0.1, -0.05) is 41.9 Å². The Labute approximate surface area is 128 Å². The van der Waals surface area contributed by atoms with Gasteiger partial charge in [-0.2, -0.15) is 0 Å². The number of aromatic nitrogens is 1. The Morgan fingerprint density at radius 3 is 2.64 bits per heavy atom. The van der Waals surface area contributed by atoms with Gasteiger partial charge in [0, 0.05) is 24.6 Å². The molecule has 0 aliphatic carbocycles. The molecular weight excluding hydrogens is 284 g/mol. The van der Waals surface area contributed by atoms with E-state index in [1.54, 1.807) is 13.0 Å². The fourth-order valence-corrected chi connectivity index (χ4v) is 1.97. The zero-order valence-corrected chi connectivity index (χ0v) is 12.5. The summed E-state index contributed by atoms with van der Waals surface area (Å²) < 4.78 is 5.05. The maximum Gasteiger partial charge on any atom is 0.303 e. The maximum atomic E-state index is 11.9. The fraction of sp³-hybridized carbons (Fsp3) is 0.312. The Hall–Kier alpha value is -2.63. The molecule has 6 heteroatoms. The van der Waals surface area contributed by atoms with Crippen LogP contribution in [0.1, 0.15) is 29.5 Å². The van der Waals surface area contributed by atoms with Crippen LogP contribution in [0.5, 0.6) is 0 Å². The number of rotatable bonds is 6. The average Bonchev–Trinajstić information content (AvgIpc) is 2.94. The summed E-state index contributed by atoms with van der Waals surface area (Å²) in [6.07, 6.45) is 0.00526. The van der Waals surface area contributed by atoms with E-state index in [0.29, 0.717) is 5.69 Å². The summed E-state index contributed by atoms with van der Waals surface area (Å²) in [6, 6.07) is 9.30. The molecule has 0 bridgehead atoms. The minimum absolute atomic E-state index is 0.00526. The third-order valence-electron chi connectivity index (χ3n) is 3.22. The summed E-state index contributed by atoms with van der Waals surface area (Å²) in [6.45, 7) is 4.02. The standard InChI is InChI=1S/C16H18N2O4/c1-10-3-5-12(6-4-10)13-8-14(22-18-13)16(21)17-9-11(2)7-15(19)20/h3-6,8,11H,7,9H2,1-2H3,(H,17,21)(H,19,20). The molecule has 2 aromatic rings. The normalized spacial score (nSPS) is 11.9. The Kier molecular flexibility index (Phi) is 4.93. The van der Waals surface area contributed by atoms with Gasteiger partial charge in [0.25, 0.3) is 5.91 Å². The Morgan fingerprint density at radius 1 is 1.32 bits per heavy atom. The van der Waals surface area contributed by atoms with Gasteiger partial charge in [0.1, 0.15) is 5.69 Å². The summed E-state index contributed by atoms with van der Waals surface area (Å²) in [5.41, 5.74) is 2.59. The highest BCUT2D eigenvalue weighted by Gasteiger charge is 2.15. The first-order valence-corrected chi connectivity index (χ1v) is 6.99. The topological polar surface area (TPSA) is 92.4 Å². The van der Waals surface area contributed by atoms with Crippen molar-refractivity contribution in [2.75, 3.05) is 6.54 Å². The number of nitrogens with one attached hydrogen (secondary N) is 1. The second kappa shape index (κ2) is 6.89. The molecular formula is C16H18N2O4. The molecule has 0 aliphatic heterocycles. The van der Waals surface area contributed by atoms with Crippen LogP contribution in [0.15, 0.2) is 34.9 Å². The SMILES string of the molecule is Cc1ccc(-c2cc(C(=O)NCC(C)CC(=O)O)on2)cc1. The number of benzene rings is 1. The summed E-state index contributed by atoms with van der Waals surface area (Å²) in [4.78, 5) is 22.5. The van der Waals surface area contributed by atoms with E-state index in [-0.39, 0.29) is 24.6 Å². The number of aliphatic carboxylic acids is 1. The van der Waals surface area contributed by atoms with E-state index in [9.17, 15) is 9.59 Å². The average molecular weight is 302 g/mol. The van der Waals surface area contributed by atoms with Crippen molar-refractivity contribution in [3.8, 4) is 11.3 Å². The van der Waals surface area contributed by atoms with Gasteiger partial charge in [-0.05, 0) is 12.8 Å². The molecule has 0 fully saturated rings. The molecule has 2 N–H and O–H groups in total. The first-order chi connectivity index (χ1) is 10.5. The highest BCUT2D eigenvalue weighted by molar-refractivity contribution is 5.92. The lowest BCUT2D eigenvalue weighted by molar-refractivity contribution is -0.137. The first-order valence-electron chi connectivity index (χ1n) is 6.99. The lowest BCUT2D eigenvalue weighted by Crippen LogP contribution is -2.28. The van der Waals surface area contributed by atoms with Crippen LogP contribution in [0, 0.1) is 12.8 Å². The molecule has 1 amide bonds. The molecule has 1 aromatic carbocycles. The highest BCUT2D eigenvalue weighted by atomic mass is 16.5. The van der Waals surface area contributed by atoms with Gasteiger partial charge in [-0.3, -0.25) is 9.59 Å². The molecule has 1 atom stereocenters. The van der Waals surface area contributed by atoms with Crippen LogP contribution < -0.4 is 5.32 Å². The van der Waals surface area contributed by atoms with Gasteiger partial charge in [0.15, 0.2) is 0 Å². The number of hydrogen-bond acceptors (Lipinski definition) is 4. The minimum atomic E-state index is -0.886. The molecule has 0 radical (unpaired) electrons. The van der Waals surface area contributed by atoms with Crippen LogP contribution in [-0.2, 0) is 4.79 Å². The van der Waals surface area contributed by atoms with Gasteiger partial charge in [0.2, 0.25) is 5.76 Å². The quantitative estimate of drug-likeness (QED) is 0.855. The van der Waals surface area contributed by atoms with Crippen molar-refractivity contribution in [3.63, 3.8) is 0 Å². The molecule has 0 saturated heterocycles. The van der Waals surface area contributed by atoms with Crippen molar-refractivity contribution in [2.24, 2.45) is 5.92 Å². The summed E-state index contributed by atoms with van der Waals surface area (Å²) in [5.74, 6) is -1.33. The van der Waals surface area contributed by atoms with Crippen molar-refractivity contribution < 1.29 is 19.2 Å². The number of hydrogen-bond donors (Lipinski definition) is 2. The van der Waals surface area contributed by atoms with Gasteiger partial charge in [-0.25, -0.2) is 0 Å². The van der Waals surface area contributed by atoms with Crippen LogP contribution in [0.25, 0.3) is 11.3 Å². The van der Waals surface area contributed by atoms with E-state index in [1.807, 2.05) is 31.2 Å². The zero-order valence-electron chi connectivity index (χ0n) is 12.5. The second-order valence-electron chi connectivity index (χ2n) is 5.36. The van der Waals surface area contributed by atoms with E-state index < -0.39 is 11.9 Å². The van der Waals surface area contributed by atoms with E-state index in [2.05, 4.69) is 10.5 Å². The lowest BCUT2D eigenvalue weighted by atomic mass is 10.1. The van der Waals surface area contributed by atoms with Crippen molar-refractivity contribution in [3.05, 3.63) is 41.7 Å². The molecule has 2 rings (SSSR count).